The molecule has 7 heteroatoms. The van der Waals surface area contributed by atoms with E-state index in [9.17, 15) is 4.79 Å². The van der Waals surface area contributed by atoms with E-state index in [0.29, 0.717) is 11.9 Å². The van der Waals surface area contributed by atoms with E-state index in [-0.39, 0.29) is 12.1 Å². The van der Waals surface area contributed by atoms with Gasteiger partial charge in [-0.1, -0.05) is 31.3 Å². The van der Waals surface area contributed by atoms with E-state index in [1.54, 1.807) is 11.3 Å². The van der Waals surface area contributed by atoms with Gasteiger partial charge in [0.15, 0.2) is 0 Å². The summed E-state index contributed by atoms with van der Waals surface area (Å²) in [4.78, 5) is 21.3. The van der Waals surface area contributed by atoms with Gasteiger partial charge in [0.2, 0.25) is 0 Å². The Bertz CT molecular complexity index is 699. The minimum Gasteiger partial charge on any atom is -0.299 e. The second kappa shape index (κ2) is 7.81. The molecule has 0 bridgehead atoms. The van der Waals surface area contributed by atoms with Crippen molar-refractivity contribution in [1.29, 1.82) is 0 Å². The minimum atomic E-state index is -0.0517. The van der Waals surface area contributed by atoms with Crippen molar-refractivity contribution in [2.24, 2.45) is 5.11 Å². The largest absolute Gasteiger partial charge is 0.299 e. The van der Waals surface area contributed by atoms with Crippen LogP contribution in [-0.4, -0.2) is 16.1 Å². The number of hydrogen-bond donors (Lipinski definition) is 0. The number of hydrogen-bond acceptors (Lipinski definition) is 4. The third-order valence-corrected chi connectivity index (χ3v) is 4.45. The van der Waals surface area contributed by atoms with E-state index in [1.165, 1.54) is 35.0 Å². The molecule has 0 aliphatic rings. The second-order valence-electron chi connectivity index (χ2n) is 4.94. The zero-order valence-corrected chi connectivity index (χ0v) is 13.0. The molecule has 0 saturated heterocycles. The molecule has 6 nitrogen and oxygen atoms in total. The van der Waals surface area contributed by atoms with Crippen molar-refractivity contribution in [3.63, 3.8) is 0 Å². The van der Waals surface area contributed by atoms with E-state index < -0.39 is 0 Å². The summed E-state index contributed by atoms with van der Waals surface area (Å²) >= 11 is 1.60. The Labute approximate surface area is 127 Å². The quantitative estimate of drug-likeness (QED) is 0.321. The predicted octanol–water partition coefficient (Wildman–Crippen LogP) is 3.89. The van der Waals surface area contributed by atoms with Gasteiger partial charge in [-0.15, -0.1) is 11.3 Å². The van der Waals surface area contributed by atoms with Gasteiger partial charge in [-0.25, -0.2) is 4.98 Å². The monoisotopic (exact) mass is 305 g/mol. The maximum atomic E-state index is 12.3. The summed E-state index contributed by atoms with van der Waals surface area (Å²) in [5.41, 5.74) is 8.21. The second-order valence-corrected chi connectivity index (χ2v) is 6.05. The van der Waals surface area contributed by atoms with Gasteiger partial charge < -0.3 is 0 Å². The molecule has 0 spiro atoms. The summed E-state index contributed by atoms with van der Waals surface area (Å²) < 4.78 is 1.50. The van der Waals surface area contributed by atoms with Gasteiger partial charge in [0, 0.05) is 22.9 Å². The van der Waals surface area contributed by atoms with E-state index in [2.05, 4.69) is 21.9 Å². The molecule has 2 heterocycles. The number of unbranched alkanes of at least 4 members (excludes halogenated alkanes) is 3. The molecular weight excluding hydrogens is 286 g/mol. The van der Waals surface area contributed by atoms with Gasteiger partial charge in [-0.05, 0) is 24.4 Å². The highest BCUT2D eigenvalue weighted by Crippen LogP contribution is 2.22. The minimum absolute atomic E-state index is 0.0517. The maximum Gasteiger partial charge on any atom is 0.262 e. The zero-order chi connectivity index (χ0) is 15.1. The smallest absolute Gasteiger partial charge is 0.262 e. The van der Waals surface area contributed by atoms with Crippen LogP contribution in [0, 0.1) is 0 Å². The summed E-state index contributed by atoms with van der Waals surface area (Å²) in [5, 5.41) is 4.12. The van der Waals surface area contributed by atoms with Crippen molar-refractivity contribution >= 4 is 21.6 Å². The van der Waals surface area contributed by atoms with Crippen LogP contribution in [0.15, 0.2) is 22.3 Å². The summed E-state index contributed by atoms with van der Waals surface area (Å²) in [5.74, 6) is 0. The van der Waals surface area contributed by atoms with Gasteiger partial charge in [-0.3, -0.25) is 9.36 Å². The Hall–Kier alpha value is -1.85. The van der Waals surface area contributed by atoms with Gasteiger partial charge in [0.05, 0.1) is 11.7 Å². The third-order valence-electron chi connectivity index (χ3n) is 3.35. The van der Waals surface area contributed by atoms with E-state index in [1.807, 2.05) is 6.07 Å². The lowest BCUT2D eigenvalue weighted by molar-refractivity contribution is 0.669. The number of fused-ring (bicyclic) bond motifs is 1. The van der Waals surface area contributed by atoms with Crippen LogP contribution in [0.2, 0.25) is 0 Å². The van der Waals surface area contributed by atoms with Crippen molar-refractivity contribution in [3.8, 4) is 0 Å². The van der Waals surface area contributed by atoms with Crippen molar-refractivity contribution in [3.05, 3.63) is 38.1 Å². The van der Waals surface area contributed by atoms with Crippen LogP contribution >= 0.6 is 11.3 Å². The number of aryl methyl sites for hydroxylation is 1. The Morgan fingerprint density at radius 1 is 1.43 bits per heavy atom. The van der Waals surface area contributed by atoms with E-state index in [4.69, 9.17) is 5.53 Å². The Morgan fingerprint density at radius 2 is 2.29 bits per heavy atom. The highest BCUT2D eigenvalue weighted by molar-refractivity contribution is 7.18. The summed E-state index contributed by atoms with van der Waals surface area (Å²) in [6.45, 7) is 2.83. The number of aromatic nitrogens is 2. The lowest BCUT2D eigenvalue weighted by Crippen LogP contribution is -2.21. The molecule has 0 atom stereocenters. The summed E-state index contributed by atoms with van der Waals surface area (Å²) in [6, 6.07) is 1.96. The molecule has 0 amide bonds. The average Bonchev–Trinajstić information content (AvgIpc) is 2.90. The number of nitrogens with zero attached hydrogens (tertiary/aromatic N) is 5. The SMILES string of the molecule is CCCCCCc1cc2c(=O)n(CCN=[N+]=[N-])cnc2s1. The number of rotatable bonds is 8. The molecule has 0 N–H and O–H groups in total. The average molecular weight is 305 g/mol. The molecule has 2 rings (SSSR count). The highest BCUT2D eigenvalue weighted by atomic mass is 32.1. The first-order valence-electron chi connectivity index (χ1n) is 7.25. The molecule has 21 heavy (non-hydrogen) atoms. The molecule has 0 radical (unpaired) electrons. The normalized spacial score (nSPS) is 10.7. The summed E-state index contributed by atoms with van der Waals surface area (Å²) in [7, 11) is 0. The lowest BCUT2D eigenvalue weighted by Gasteiger charge is -2.01. The van der Waals surface area contributed by atoms with Crippen LogP contribution < -0.4 is 5.56 Å². The first-order valence-corrected chi connectivity index (χ1v) is 8.06. The van der Waals surface area contributed by atoms with Crippen LogP contribution in [0.3, 0.4) is 0 Å². The summed E-state index contributed by atoms with van der Waals surface area (Å²) in [6.07, 6.45) is 7.42. The Balaban J connectivity index is 2.13. The van der Waals surface area contributed by atoms with Crippen molar-refractivity contribution in [1.82, 2.24) is 9.55 Å². The lowest BCUT2D eigenvalue weighted by atomic mass is 10.1. The van der Waals surface area contributed by atoms with Crippen molar-refractivity contribution < 1.29 is 0 Å². The fourth-order valence-electron chi connectivity index (χ4n) is 2.22. The van der Waals surface area contributed by atoms with Crippen LogP contribution in [0.4, 0.5) is 0 Å². The van der Waals surface area contributed by atoms with Crippen LogP contribution in [-0.2, 0) is 13.0 Å². The van der Waals surface area contributed by atoms with Gasteiger partial charge in [0.25, 0.3) is 5.56 Å². The van der Waals surface area contributed by atoms with Gasteiger partial charge in [-0.2, -0.15) is 0 Å². The Kier molecular flexibility index (Phi) is 5.78. The molecule has 0 aromatic carbocycles. The Morgan fingerprint density at radius 3 is 3.05 bits per heavy atom. The van der Waals surface area contributed by atoms with Crippen molar-refractivity contribution in [2.75, 3.05) is 6.54 Å². The molecule has 2 aromatic heterocycles. The molecule has 0 saturated carbocycles. The number of azide groups is 1. The standard InChI is InChI=1S/C14H19N5OS/c1-2-3-4-5-6-11-9-12-13(21-11)16-10-19(14(12)20)8-7-17-18-15/h9-10H,2-8H2,1H3. The molecule has 2 aromatic rings. The van der Waals surface area contributed by atoms with Crippen LogP contribution in [0.1, 0.15) is 37.5 Å². The molecule has 0 fully saturated rings. The topological polar surface area (TPSA) is 83.7 Å². The molecule has 0 unspecified atom stereocenters. The molecule has 0 aliphatic carbocycles. The third kappa shape index (κ3) is 4.06. The fourth-order valence-corrected chi connectivity index (χ4v) is 3.24. The highest BCUT2D eigenvalue weighted by Gasteiger charge is 2.08. The van der Waals surface area contributed by atoms with Gasteiger partial charge in [0.1, 0.15) is 4.83 Å². The van der Waals surface area contributed by atoms with Crippen LogP contribution in [0.25, 0.3) is 20.7 Å². The molecule has 112 valence electrons. The maximum absolute atomic E-state index is 12.3. The molecule has 0 aliphatic heterocycles. The van der Waals surface area contributed by atoms with E-state index in [0.717, 1.165) is 17.7 Å². The van der Waals surface area contributed by atoms with Gasteiger partial charge >= 0.3 is 0 Å². The first kappa shape index (κ1) is 15.5. The fraction of sp³-hybridized carbons (Fsp3) is 0.571. The zero-order valence-electron chi connectivity index (χ0n) is 12.2. The van der Waals surface area contributed by atoms with E-state index >= 15 is 0 Å². The number of thiophene rings is 1. The molecular formula is C14H19N5OS. The first-order chi connectivity index (χ1) is 10.3. The van der Waals surface area contributed by atoms with Crippen molar-refractivity contribution in [2.45, 2.75) is 45.6 Å². The predicted molar refractivity (Wildman–Crippen MR) is 85.7 cm³/mol. The van der Waals surface area contributed by atoms with Crippen LogP contribution in [0.5, 0.6) is 0 Å².